The predicted molar refractivity (Wildman–Crippen MR) is 203 cm³/mol. The van der Waals surface area contributed by atoms with Crippen molar-refractivity contribution >= 4 is 59.3 Å². The van der Waals surface area contributed by atoms with Gasteiger partial charge >= 0.3 is 0 Å². The lowest BCUT2D eigenvalue weighted by atomic mass is 9.99. The van der Waals surface area contributed by atoms with Crippen molar-refractivity contribution in [2.75, 3.05) is 4.90 Å². The summed E-state index contributed by atoms with van der Waals surface area (Å²) in [7, 11) is 0. The summed E-state index contributed by atoms with van der Waals surface area (Å²) in [6, 6.07) is 56.9. The van der Waals surface area contributed by atoms with E-state index in [1.165, 1.54) is 25.6 Å². The Hall–Kier alpha value is -6.30. The highest BCUT2D eigenvalue weighted by Crippen LogP contribution is 2.58. The molecule has 0 amide bonds. The summed E-state index contributed by atoms with van der Waals surface area (Å²) in [6.07, 6.45) is 0. The molecule has 7 aromatic carbocycles. The Morgan fingerprint density at radius 3 is 1.88 bits per heavy atom. The number of benzene rings is 7. The van der Waals surface area contributed by atoms with Crippen LogP contribution in [0.2, 0.25) is 0 Å². The van der Waals surface area contributed by atoms with E-state index in [1.54, 1.807) is 0 Å². The Morgan fingerprint density at radius 1 is 0.510 bits per heavy atom. The highest BCUT2D eigenvalue weighted by Gasteiger charge is 2.31. The summed E-state index contributed by atoms with van der Waals surface area (Å²) in [5.74, 6) is 2.36. The fraction of sp³-hybridized carbons (Fsp3) is 0. The van der Waals surface area contributed by atoms with Crippen molar-refractivity contribution < 1.29 is 4.74 Å². The van der Waals surface area contributed by atoms with Crippen LogP contribution in [-0.4, -0.2) is 9.97 Å². The number of thiophene rings is 1. The quantitative estimate of drug-likeness (QED) is 0.191. The zero-order chi connectivity index (χ0) is 32.3. The Kier molecular flexibility index (Phi) is 6.32. The third-order valence-corrected chi connectivity index (χ3v) is 10.4. The fourth-order valence-electron chi connectivity index (χ4n) is 7.02. The Morgan fingerprint density at radius 2 is 1.12 bits per heavy atom. The van der Waals surface area contributed by atoms with E-state index in [4.69, 9.17) is 14.7 Å². The minimum absolute atomic E-state index is 0.675. The van der Waals surface area contributed by atoms with Crippen molar-refractivity contribution in [1.82, 2.24) is 9.97 Å². The van der Waals surface area contributed by atoms with Gasteiger partial charge in [-0.2, -0.15) is 0 Å². The molecule has 2 aromatic heterocycles. The lowest BCUT2D eigenvalue weighted by molar-refractivity contribution is 0.483. The SMILES string of the molecule is c1ccc(-c2cc(-c3ccccc3)nc(-c3cccc(N4c5ccccc5Oc5c4c4sc6ccccc6c4c4ccccc54)c3)n2)cc1. The maximum atomic E-state index is 6.83. The van der Waals surface area contributed by atoms with E-state index in [9.17, 15) is 0 Å². The topological polar surface area (TPSA) is 38.2 Å². The Bertz CT molecular complexity index is 2650. The molecule has 230 valence electrons. The Labute approximate surface area is 287 Å². The van der Waals surface area contributed by atoms with Crippen molar-refractivity contribution in [2.45, 2.75) is 0 Å². The predicted octanol–water partition coefficient (Wildman–Crippen LogP) is 12.6. The number of ether oxygens (including phenoxy) is 1. The van der Waals surface area contributed by atoms with Crippen LogP contribution in [0, 0.1) is 0 Å². The molecule has 0 N–H and O–H groups in total. The number of rotatable bonds is 4. The van der Waals surface area contributed by atoms with Crippen LogP contribution in [-0.2, 0) is 0 Å². The van der Waals surface area contributed by atoms with Gasteiger partial charge in [0.2, 0.25) is 0 Å². The van der Waals surface area contributed by atoms with E-state index in [2.05, 4.69) is 126 Å². The van der Waals surface area contributed by atoms with Gasteiger partial charge in [-0.15, -0.1) is 11.3 Å². The molecule has 0 unspecified atom stereocenters. The van der Waals surface area contributed by atoms with Gasteiger partial charge < -0.3 is 9.64 Å². The molecule has 0 bridgehead atoms. The van der Waals surface area contributed by atoms with Gasteiger partial charge in [-0.05, 0) is 41.8 Å². The lowest BCUT2D eigenvalue weighted by Crippen LogP contribution is -2.16. The molecule has 1 aliphatic rings. The average Bonchev–Trinajstić information content (AvgIpc) is 3.58. The maximum absolute atomic E-state index is 6.83. The average molecular weight is 646 g/mol. The summed E-state index contributed by atoms with van der Waals surface area (Å²) >= 11 is 1.82. The zero-order valence-electron chi connectivity index (χ0n) is 26.2. The van der Waals surface area contributed by atoms with Crippen LogP contribution in [0.1, 0.15) is 0 Å². The van der Waals surface area contributed by atoms with Crippen LogP contribution in [0.5, 0.6) is 11.5 Å². The Balaban J connectivity index is 1.23. The fourth-order valence-corrected chi connectivity index (χ4v) is 8.27. The first-order chi connectivity index (χ1) is 24.3. The molecule has 0 fully saturated rings. The second kappa shape index (κ2) is 11.2. The molecule has 4 nitrogen and oxygen atoms in total. The number of nitrogens with zero attached hydrogens (tertiary/aromatic N) is 3. The van der Waals surface area contributed by atoms with Gasteiger partial charge in [-0.1, -0.05) is 127 Å². The van der Waals surface area contributed by atoms with E-state index >= 15 is 0 Å². The molecule has 0 radical (unpaired) electrons. The minimum atomic E-state index is 0.675. The number of fused-ring (bicyclic) bond motifs is 9. The van der Waals surface area contributed by atoms with Gasteiger partial charge in [0.15, 0.2) is 17.3 Å². The number of hydrogen-bond donors (Lipinski definition) is 0. The number of hydrogen-bond acceptors (Lipinski definition) is 5. The first-order valence-corrected chi connectivity index (χ1v) is 17.2. The van der Waals surface area contributed by atoms with Crippen LogP contribution in [0.25, 0.3) is 64.8 Å². The number of anilines is 3. The number of para-hydroxylation sites is 2. The number of aromatic nitrogens is 2. The van der Waals surface area contributed by atoms with Crippen molar-refractivity contribution in [1.29, 1.82) is 0 Å². The van der Waals surface area contributed by atoms with E-state index in [0.29, 0.717) is 5.82 Å². The van der Waals surface area contributed by atoms with Gasteiger partial charge in [0.05, 0.1) is 21.8 Å². The summed E-state index contributed by atoms with van der Waals surface area (Å²) in [5, 5.41) is 4.80. The van der Waals surface area contributed by atoms with Gasteiger partial charge in [0.1, 0.15) is 5.69 Å². The summed E-state index contributed by atoms with van der Waals surface area (Å²) < 4.78 is 9.28. The minimum Gasteiger partial charge on any atom is -0.452 e. The van der Waals surface area contributed by atoms with Crippen LogP contribution < -0.4 is 9.64 Å². The van der Waals surface area contributed by atoms with E-state index < -0.39 is 0 Å². The second-order valence-corrected chi connectivity index (χ2v) is 13.2. The first kappa shape index (κ1) is 27.8. The van der Waals surface area contributed by atoms with Crippen LogP contribution >= 0.6 is 11.3 Å². The van der Waals surface area contributed by atoms with Crippen molar-refractivity contribution in [3.63, 3.8) is 0 Å². The third kappa shape index (κ3) is 4.51. The van der Waals surface area contributed by atoms with Gasteiger partial charge in [-0.3, -0.25) is 0 Å². The van der Waals surface area contributed by atoms with Gasteiger partial charge in [0.25, 0.3) is 0 Å². The monoisotopic (exact) mass is 645 g/mol. The standard InChI is InChI=1S/C44H27N3OS/c1-3-14-28(15-4-1)35-27-36(29-16-5-2-6-17-29)46-44(45-35)30-18-13-19-31(26-30)47-37-23-10-11-24-38(37)48-42-33-21-8-7-20-32(33)40-34-22-9-12-25-39(34)49-43(40)41(42)47/h1-27H. The smallest absolute Gasteiger partial charge is 0.160 e. The molecular formula is C44H27N3OS. The van der Waals surface area contributed by atoms with E-state index in [-0.39, 0.29) is 0 Å². The molecule has 49 heavy (non-hydrogen) atoms. The van der Waals surface area contributed by atoms with E-state index in [0.717, 1.165) is 62.0 Å². The summed E-state index contributed by atoms with van der Waals surface area (Å²) in [6.45, 7) is 0. The van der Waals surface area contributed by atoms with Gasteiger partial charge in [0, 0.05) is 43.2 Å². The second-order valence-electron chi connectivity index (χ2n) is 12.2. The summed E-state index contributed by atoms with van der Waals surface area (Å²) in [4.78, 5) is 12.6. The first-order valence-electron chi connectivity index (χ1n) is 16.3. The highest BCUT2D eigenvalue weighted by molar-refractivity contribution is 7.26. The van der Waals surface area contributed by atoms with Crippen molar-refractivity contribution in [3.8, 4) is 45.4 Å². The molecular weight excluding hydrogens is 619 g/mol. The molecule has 9 aromatic rings. The van der Waals surface area contributed by atoms with Crippen molar-refractivity contribution in [3.05, 3.63) is 164 Å². The molecule has 0 saturated carbocycles. The molecule has 10 rings (SSSR count). The molecule has 3 heterocycles. The molecule has 0 saturated heterocycles. The molecule has 0 aliphatic carbocycles. The van der Waals surface area contributed by atoms with Gasteiger partial charge in [-0.25, -0.2) is 9.97 Å². The highest BCUT2D eigenvalue weighted by atomic mass is 32.1. The summed E-state index contributed by atoms with van der Waals surface area (Å²) in [5.41, 5.74) is 7.86. The van der Waals surface area contributed by atoms with Crippen LogP contribution in [0.15, 0.2) is 164 Å². The molecule has 5 heteroatoms. The molecule has 0 spiro atoms. The molecule has 0 atom stereocenters. The molecule has 1 aliphatic heterocycles. The largest absolute Gasteiger partial charge is 0.452 e. The van der Waals surface area contributed by atoms with Crippen molar-refractivity contribution in [2.24, 2.45) is 0 Å². The van der Waals surface area contributed by atoms with Crippen LogP contribution in [0.4, 0.5) is 17.1 Å². The normalized spacial score (nSPS) is 12.2. The zero-order valence-corrected chi connectivity index (χ0v) is 27.1. The maximum Gasteiger partial charge on any atom is 0.160 e. The third-order valence-electron chi connectivity index (χ3n) is 9.24. The van der Waals surface area contributed by atoms with Crippen LogP contribution in [0.3, 0.4) is 0 Å². The van der Waals surface area contributed by atoms with E-state index in [1.807, 2.05) is 53.8 Å². The lowest BCUT2D eigenvalue weighted by Gasteiger charge is -2.34.